The van der Waals surface area contributed by atoms with Gasteiger partial charge >= 0.3 is 6.09 Å². The number of amides is 1. The molecule has 0 atom stereocenters. The smallest absolute Gasteiger partial charge is 0.407 e. The van der Waals surface area contributed by atoms with Gasteiger partial charge in [0.1, 0.15) is 0 Å². The molecule has 1 aliphatic heterocycles. The SMILES string of the molecule is CN(C(=O)O)C1(C)CCNCC1. The van der Waals surface area contributed by atoms with Crippen LogP contribution >= 0.6 is 0 Å². The Morgan fingerprint density at radius 2 is 2.00 bits per heavy atom. The molecule has 70 valence electrons. The molecule has 2 N–H and O–H groups in total. The predicted molar refractivity (Wildman–Crippen MR) is 46.3 cm³/mol. The second-order valence-corrected chi connectivity index (χ2v) is 3.59. The van der Waals surface area contributed by atoms with Crippen LogP contribution in [0.3, 0.4) is 0 Å². The number of hydrogen-bond acceptors (Lipinski definition) is 2. The van der Waals surface area contributed by atoms with Gasteiger partial charge in [-0.3, -0.25) is 0 Å². The molecule has 0 radical (unpaired) electrons. The van der Waals surface area contributed by atoms with Gasteiger partial charge < -0.3 is 15.3 Å². The zero-order valence-corrected chi connectivity index (χ0v) is 7.63. The third-order valence-electron chi connectivity index (χ3n) is 2.78. The minimum absolute atomic E-state index is 0.170. The third kappa shape index (κ3) is 1.69. The van der Waals surface area contributed by atoms with Gasteiger partial charge in [-0.05, 0) is 32.9 Å². The lowest BCUT2D eigenvalue weighted by atomic mass is 9.89. The van der Waals surface area contributed by atoms with E-state index in [1.54, 1.807) is 7.05 Å². The van der Waals surface area contributed by atoms with Crippen molar-refractivity contribution in [1.29, 1.82) is 0 Å². The number of nitrogens with one attached hydrogen (secondary N) is 1. The third-order valence-corrected chi connectivity index (χ3v) is 2.78. The van der Waals surface area contributed by atoms with Crippen LogP contribution in [-0.4, -0.2) is 41.8 Å². The lowest BCUT2D eigenvalue weighted by molar-refractivity contribution is 0.0833. The van der Waals surface area contributed by atoms with Gasteiger partial charge in [-0.2, -0.15) is 0 Å². The van der Waals surface area contributed by atoms with E-state index in [-0.39, 0.29) is 5.54 Å². The van der Waals surface area contributed by atoms with Crippen molar-refractivity contribution in [3.05, 3.63) is 0 Å². The molecular weight excluding hydrogens is 156 g/mol. The van der Waals surface area contributed by atoms with Crippen LogP contribution in [-0.2, 0) is 0 Å². The summed E-state index contributed by atoms with van der Waals surface area (Å²) in [5.41, 5.74) is -0.170. The summed E-state index contributed by atoms with van der Waals surface area (Å²) < 4.78 is 0. The molecule has 0 aromatic rings. The molecule has 1 saturated heterocycles. The first-order valence-electron chi connectivity index (χ1n) is 4.24. The van der Waals surface area contributed by atoms with Gasteiger partial charge in [0.25, 0.3) is 0 Å². The second-order valence-electron chi connectivity index (χ2n) is 3.59. The summed E-state index contributed by atoms with van der Waals surface area (Å²) in [6.07, 6.45) is 0.963. The molecular formula is C8H16N2O2. The van der Waals surface area contributed by atoms with E-state index < -0.39 is 6.09 Å². The number of rotatable bonds is 1. The Labute approximate surface area is 72.6 Å². The fourth-order valence-corrected chi connectivity index (χ4v) is 1.53. The lowest BCUT2D eigenvalue weighted by Gasteiger charge is -2.40. The molecule has 0 unspecified atom stereocenters. The maximum Gasteiger partial charge on any atom is 0.407 e. The maximum atomic E-state index is 10.7. The summed E-state index contributed by atoms with van der Waals surface area (Å²) in [6.45, 7) is 3.82. The fraction of sp³-hybridized carbons (Fsp3) is 0.875. The molecule has 1 rings (SSSR count). The highest BCUT2D eigenvalue weighted by Gasteiger charge is 2.33. The first kappa shape index (κ1) is 9.32. The summed E-state index contributed by atoms with van der Waals surface area (Å²) in [5.74, 6) is 0. The van der Waals surface area contributed by atoms with Crippen molar-refractivity contribution in [1.82, 2.24) is 10.2 Å². The molecule has 1 fully saturated rings. The standard InChI is InChI=1S/C8H16N2O2/c1-8(10(2)7(11)12)3-5-9-6-4-8/h9H,3-6H2,1-2H3,(H,11,12). The Morgan fingerprint density at radius 3 is 2.42 bits per heavy atom. The van der Waals surface area contributed by atoms with Crippen LogP contribution in [0.15, 0.2) is 0 Å². The predicted octanol–water partition coefficient (Wildman–Crippen LogP) is 0.738. The van der Waals surface area contributed by atoms with Crippen LogP contribution in [0, 0.1) is 0 Å². The molecule has 0 bridgehead atoms. The Hall–Kier alpha value is -0.770. The number of piperidine rings is 1. The molecule has 4 nitrogen and oxygen atoms in total. The minimum Gasteiger partial charge on any atom is -0.465 e. The van der Waals surface area contributed by atoms with Crippen LogP contribution in [0.4, 0.5) is 4.79 Å². The van der Waals surface area contributed by atoms with Gasteiger partial charge in [-0.1, -0.05) is 0 Å². The average Bonchev–Trinajstić information content (AvgIpc) is 2.04. The molecule has 0 aromatic carbocycles. The Morgan fingerprint density at radius 1 is 1.50 bits per heavy atom. The summed E-state index contributed by atoms with van der Waals surface area (Å²) in [4.78, 5) is 12.1. The number of carbonyl (C=O) groups is 1. The molecule has 0 aliphatic carbocycles. The van der Waals surface area contributed by atoms with Crippen LogP contribution in [0.5, 0.6) is 0 Å². The van der Waals surface area contributed by atoms with E-state index >= 15 is 0 Å². The fourth-order valence-electron chi connectivity index (χ4n) is 1.53. The van der Waals surface area contributed by atoms with Crippen molar-refractivity contribution in [3.63, 3.8) is 0 Å². The van der Waals surface area contributed by atoms with Crippen molar-refractivity contribution in [3.8, 4) is 0 Å². The summed E-state index contributed by atoms with van der Waals surface area (Å²) in [5, 5.41) is 12.0. The largest absolute Gasteiger partial charge is 0.465 e. The Balaban J connectivity index is 2.62. The summed E-state index contributed by atoms with van der Waals surface area (Å²) >= 11 is 0. The van der Waals surface area contributed by atoms with E-state index in [4.69, 9.17) is 5.11 Å². The van der Waals surface area contributed by atoms with Crippen molar-refractivity contribution in [2.24, 2.45) is 0 Å². The van der Waals surface area contributed by atoms with Gasteiger partial charge in [-0.25, -0.2) is 4.79 Å². The van der Waals surface area contributed by atoms with Crippen molar-refractivity contribution >= 4 is 6.09 Å². The summed E-state index contributed by atoms with van der Waals surface area (Å²) in [7, 11) is 1.65. The van der Waals surface area contributed by atoms with Gasteiger partial charge in [0.2, 0.25) is 0 Å². The van der Waals surface area contributed by atoms with Crippen LogP contribution < -0.4 is 5.32 Å². The molecule has 1 heterocycles. The maximum absolute atomic E-state index is 10.7. The van der Waals surface area contributed by atoms with Crippen LogP contribution in [0.25, 0.3) is 0 Å². The first-order chi connectivity index (χ1) is 5.56. The van der Waals surface area contributed by atoms with Gasteiger partial charge in [0.15, 0.2) is 0 Å². The highest BCUT2D eigenvalue weighted by Crippen LogP contribution is 2.23. The minimum atomic E-state index is -0.834. The topological polar surface area (TPSA) is 52.6 Å². The first-order valence-corrected chi connectivity index (χ1v) is 4.24. The molecule has 0 spiro atoms. The quantitative estimate of drug-likeness (QED) is 0.613. The van der Waals surface area contributed by atoms with Crippen LogP contribution in [0.2, 0.25) is 0 Å². The molecule has 12 heavy (non-hydrogen) atoms. The zero-order chi connectivity index (χ0) is 9.19. The summed E-state index contributed by atoms with van der Waals surface area (Å²) in [6, 6.07) is 0. The highest BCUT2D eigenvalue weighted by molar-refractivity contribution is 5.65. The number of nitrogens with zero attached hydrogens (tertiary/aromatic N) is 1. The van der Waals surface area contributed by atoms with E-state index in [0.717, 1.165) is 25.9 Å². The Bertz CT molecular complexity index is 176. The van der Waals surface area contributed by atoms with Gasteiger partial charge in [-0.15, -0.1) is 0 Å². The molecule has 1 amide bonds. The van der Waals surface area contributed by atoms with E-state index in [1.165, 1.54) is 4.90 Å². The van der Waals surface area contributed by atoms with Crippen molar-refractivity contribution < 1.29 is 9.90 Å². The van der Waals surface area contributed by atoms with E-state index in [0.29, 0.717) is 0 Å². The molecule has 0 saturated carbocycles. The molecule has 0 aromatic heterocycles. The lowest BCUT2D eigenvalue weighted by Crippen LogP contribution is -2.52. The number of carboxylic acid groups (broad SMARTS) is 1. The normalized spacial score (nSPS) is 21.8. The van der Waals surface area contributed by atoms with Crippen molar-refractivity contribution in [2.75, 3.05) is 20.1 Å². The molecule has 1 aliphatic rings. The number of hydrogen-bond donors (Lipinski definition) is 2. The van der Waals surface area contributed by atoms with Crippen molar-refractivity contribution in [2.45, 2.75) is 25.3 Å². The van der Waals surface area contributed by atoms with E-state index in [1.807, 2.05) is 6.92 Å². The zero-order valence-electron chi connectivity index (χ0n) is 7.63. The second kappa shape index (κ2) is 3.31. The monoisotopic (exact) mass is 172 g/mol. The van der Waals surface area contributed by atoms with Gasteiger partial charge in [0, 0.05) is 12.6 Å². The molecule has 4 heteroatoms. The van der Waals surface area contributed by atoms with E-state index in [2.05, 4.69) is 5.32 Å². The van der Waals surface area contributed by atoms with E-state index in [9.17, 15) is 4.79 Å². The van der Waals surface area contributed by atoms with Gasteiger partial charge in [0.05, 0.1) is 0 Å². The Kier molecular flexibility index (Phi) is 2.57. The highest BCUT2D eigenvalue weighted by atomic mass is 16.4. The van der Waals surface area contributed by atoms with Crippen LogP contribution in [0.1, 0.15) is 19.8 Å². The average molecular weight is 172 g/mol.